The van der Waals surface area contributed by atoms with E-state index in [1.54, 1.807) is 37.3 Å². The molecule has 362 valence electrons. The van der Waals surface area contributed by atoms with Gasteiger partial charge in [0.2, 0.25) is 0 Å². The van der Waals surface area contributed by atoms with Crippen LogP contribution in [0.2, 0.25) is 0 Å². The third kappa shape index (κ3) is 18.8. The van der Waals surface area contributed by atoms with Crippen LogP contribution in [0.25, 0.3) is 0 Å². The number of cyclic esters (lactones) is 1. The Morgan fingerprint density at radius 2 is 1.25 bits per heavy atom. The maximum Gasteiger partial charge on any atom is 0.311 e. The molecule has 3 heterocycles. The van der Waals surface area contributed by atoms with Crippen LogP contribution in [0.15, 0.2) is 85.1 Å². The van der Waals surface area contributed by atoms with Gasteiger partial charge in [0.15, 0.2) is 12.1 Å². The molecule has 0 unspecified atom stereocenters. The van der Waals surface area contributed by atoms with Crippen LogP contribution in [-0.2, 0) is 28.5 Å². The molecule has 0 radical (unpaired) electrons. The van der Waals surface area contributed by atoms with Gasteiger partial charge in [0.05, 0.1) is 73.5 Å². The molecule has 12 N–H and O–H groups in total. The van der Waals surface area contributed by atoms with E-state index in [1.165, 1.54) is 13.0 Å². The van der Waals surface area contributed by atoms with Crippen LogP contribution < -0.4 is 5.73 Å². The molecule has 2 fully saturated rings. The predicted molar refractivity (Wildman–Crippen MR) is 236 cm³/mol. The van der Waals surface area contributed by atoms with Gasteiger partial charge in [-0.2, -0.15) is 0 Å². The summed E-state index contributed by atoms with van der Waals surface area (Å²) in [5.41, 5.74) is 6.02. The maximum atomic E-state index is 12.6. The zero-order valence-corrected chi connectivity index (χ0v) is 37.3. The Labute approximate surface area is 376 Å². The summed E-state index contributed by atoms with van der Waals surface area (Å²) in [6, 6.07) is -1.14. The Hall–Kier alpha value is -3.40. The molecule has 64 heavy (non-hydrogen) atoms. The minimum atomic E-state index is -2.31. The largest absolute Gasteiger partial charge is 0.481 e. The number of nitrogens with two attached hydrogens (primary N) is 1. The highest BCUT2D eigenvalue weighted by atomic mass is 16.7. The van der Waals surface area contributed by atoms with E-state index in [0.29, 0.717) is 0 Å². The fourth-order valence-electron chi connectivity index (χ4n) is 7.98. The van der Waals surface area contributed by atoms with Gasteiger partial charge in [-0.1, -0.05) is 98.9 Å². The molecule has 0 aromatic heterocycles. The topological polar surface area (TPSA) is 299 Å². The second-order valence-corrected chi connectivity index (χ2v) is 17.5. The molecule has 0 aromatic carbocycles. The number of hydrogen-bond donors (Lipinski definition) is 11. The van der Waals surface area contributed by atoms with Crippen LogP contribution in [0.5, 0.6) is 0 Å². The van der Waals surface area contributed by atoms with Gasteiger partial charge in [-0.3, -0.25) is 9.59 Å². The first kappa shape index (κ1) is 54.9. The van der Waals surface area contributed by atoms with Gasteiger partial charge in [0.1, 0.15) is 18.1 Å². The molecule has 3 aliphatic rings. The number of aliphatic hydroxyl groups excluding tert-OH is 8. The van der Waals surface area contributed by atoms with E-state index >= 15 is 0 Å². The molecule has 18 atom stereocenters. The monoisotopic (exact) mass is 907 g/mol. The summed E-state index contributed by atoms with van der Waals surface area (Å²) in [4.78, 5) is 25.1. The summed E-state index contributed by atoms with van der Waals surface area (Å²) >= 11 is 0. The quantitative estimate of drug-likeness (QED) is 0.180. The Kier molecular flexibility index (Phi) is 23.4. The van der Waals surface area contributed by atoms with Crippen LogP contribution in [0, 0.1) is 17.8 Å². The minimum absolute atomic E-state index is 0.0242. The van der Waals surface area contributed by atoms with Gasteiger partial charge in [0, 0.05) is 25.7 Å². The third-order valence-corrected chi connectivity index (χ3v) is 11.8. The standard InChI is InChI=1S/C47H73NO16/c1-28-17-15-13-11-9-7-5-6-8-10-12-14-16-18-35(63-46-44(57)42(48)43(56)31(4)62-46)25-39-41(45(58)59)38(54)27-47(60,64-39)26-34(51)23-37(53)36(52)20-19-32(49)22-33(50)24-40(55)61-30(3)29(2)21-28/h5-18,28-39,41-44,46,49-54,56-57,60H,19-27,48H2,1-4H3,(H,58,59)/b6-5-,9-7-,10-8-,13-11-,14-12-,17-15-,18-16+/t28-,29+,30-,31+,32+,33+,34-,35-,36+,37+,38-,39-,41+,42-,43+,44-,46-,47+/m0/s1. The third-order valence-electron chi connectivity index (χ3n) is 11.8. The lowest BCUT2D eigenvalue weighted by molar-refractivity contribution is -0.308. The summed E-state index contributed by atoms with van der Waals surface area (Å²) < 4.78 is 23.3. The molecule has 0 spiro atoms. The maximum absolute atomic E-state index is 12.6. The Morgan fingerprint density at radius 3 is 1.84 bits per heavy atom. The van der Waals surface area contributed by atoms with Crippen molar-refractivity contribution in [1.29, 1.82) is 0 Å². The lowest BCUT2D eigenvalue weighted by atomic mass is 9.82. The van der Waals surface area contributed by atoms with E-state index in [2.05, 4.69) is 13.0 Å². The van der Waals surface area contributed by atoms with Crippen molar-refractivity contribution in [1.82, 2.24) is 0 Å². The van der Waals surface area contributed by atoms with E-state index in [1.807, 2.05) is 49.5 Å². The summed E-state index contributed by atoms with van der Waals surface area (Å²) in [5.74, 6) is -5.73. The average molecular weight is 908 g/mol. The number of hydrogen-bond acceptors (Lipinski definition) is 16. The number of carboxylic acids is 1. The second-order valence-electron chi connectivity index (χ2n) is 17.5. The smallest absolute Gasteiger partial charge is 0.311 e. The zero-order valence-electron chi connectivity index (χ0n) is 37.3. The number of ether oxygens (including phenoxy) is 4. The Bertz CT molecular complexity index is 1630. The molecule has 17 nitrogen and oxygen atoms in total. The molecule has 0 aliphatic carbocycles. The molecule has 3 aliphatic heterocycles. The first-order chi connectivity index (χ1) is 30.2. The van der Waals surface area contributed by atoms with Crippen molar-refractivity contribution in [3.63, 3.8) is 0 Å². The fraction of sp³-hybridized carbons (Fsp3) is 0.660. The van der Waals surface area contributed by atoms with Gasteiger partial charge in [0.25, 0.3) is 0 Å². The molecular weight excluding hydrogens is 835 g/mol. The van der Waals surface area contributed by atoms with E-state index in [0.717, 1.165) is 6.42 Å². The molecule has 0 amide bonds. The Balaban J connectivity index is 1.85. The number of rotatable bonds is 3. The molecule has 17 heteroatoms. The van der Waals surface area contributed by atoms with Crippen molar-refractivity contribution in [2.24, 2.45) is 23.5 Å². The van der Waals surface area contributed by atoms with Gasteiger partial charge >= 0.3 is 11.9 Å². The number of aliphatic hydroxyl groups is 9. The SMILES string of the molecule is C[C@@H]1C[C@@H](C)\C=C/C=C\C=C/C=C\C=C/C=C\C=C\[C@H](O[C@@H]2O[C@H](C)[C@@H](O)[C@H](N)[C@@H]2O)C[C@@H]2O[C@](O)(C[C@@H](O)C[C@@H](O)[C@H](O)CC[C@@H](O)C[C@@H](O)CC(=O)O[C@H]1C)C[C@H](O)[C@H]2C(=O)O. The van der Waals surface area contributed by atoms with Crippen LogP contribution >= 0.6 is 0 Å². The summed E-state index contributed by atoms with van der Waals surface area (Å²) in [6.07, 6.45) is 6.70. The molecule has 2 saturated heterocycles. The Morgan fingerprint density at radius 1 is 0.672 bits per heavy atom. The average Bonchev–Trinajstić information content (AvgIpc) is 3.19. The normalized spacial score (nSPS) is 44.8. The van der Waals surface area contributed by atoms with E-state index in [9.17, 15) is 60.7 Å². The molecule has 2 bridgehead atoms. The molecule has 0 saturated carbocycles. The minimum Gasteiger partial charge on any atom is -0.481 e. The first-order valence-corrected chi connectivity index (χ1v) is 22.2. The molecular formula is C47H73NO16. The highest BCUT2D eigenvalue weighted by Gasteiger charge is 2.51. The van der Waals surface area contributed by atoms with Gasteiger partial charge in [-0.05, 0) is 51.4 Å². The number of carboxylic acid groups (broad SMARTS) is 1. The molecule has 3 rings (SSSR count). The summed E-state index contributed by atoms with van der Waals surface area (Å²) in [6.45, 7) is 7.36. The fourth-order valence-corrected chi connectivity index (χ4v) is 7.98. The lowest BCUT2D eigenvalue weighted by Gasteiger charge is -2.45. The van der Waals surface area contributed by atoms with Crippen molar-refractivity contribution in [3.8, 4) is 0 Å². The van der Waals surface area contributed by atoms with Crippen molar-refractivity contribution in [2.75, 3.05) is 0 Å². The van der Waals surface area contributed by atoms with Gasteiger partial charge in [-0.15, -0.1) is 0 Å². The highest BCUT2D eigenvalue weighted by molar-refractivity contribution is 5.71. The molecule has 0 aromatic rings. The van der Waals surface area contributed by atoms with Crippen molar-refractivity contribution in [2.45, 2.75) is 177 Å². The predicted octanol–water partition coefficient (Wildman–Crippen LogP) is 1.74. The zero-order chi connectivity index (χ0) is 47.6. The number of carbonyl (C=O) groups is 2. The van der Waals surface area contributed by atoms with Crippen molar-refractivity contribution in [3.05, 3.63) is 85.1 Å². The number of allylic oxidation sites excluding steroid dienone is 13. The number of esters is 1. The summed E-state index contributed by atoms with van der Waals surface area (Å²) in [7, 11) is 0. The van der Waals surface area contributed by atoms with E-state index < -0.39 is 128 Å². The van der Waals surface area contributed by atoms with Crippen LogP contribution in [0.1, 0.15) is 85.5 Å². The number of carbonyl (C=O) groups excluding carboxylic acids is 1. The van der Waals surface area contributed by atoms with Crippen molar-refractivity contribution < 1.29 is 79.6 Å². The van der Waals surface area contributed by atoms with Crippen LogP contribution in [-0.4, -0.2) is 154 Å². The number of aliphatic carboxylic acids is 1. The highest BCUT2D eigenvalue weighted by Crippen LogP contribution is 2.38. The first-order valence-electron chi connectivity index (χ1n) is 22.2. The summed E-state index contributed by atoms with van der Waals surface area (Å²) in [5, 5.41) is 107. The van der Waals surface area contributed by atoms with E-state index in [4.69, 9.17) is 24.7 Å². The van der Waals surface area contributed by atoms with Crippen LogP contribution in [0.3, 0.4) is 0 Å². The second kappa shape index (κ2) is 27.3. The van der Waals surface area contributed by atoms with Crippen molar-refractivity contribution >= 4 is 11.9 Å². The lowest BCUT2D eigenvalue weighted by Crippen LogP contribution is -2.61. The van der Waals surface area contributed by atoms with Gasteiger partial charge in [-0.25, -0.2) is 0 Å². The number of fused-ring (bicyclic) bond motifs is 2. The van der Waals surface area contributed by atoms with E-state index in [-0.39, 0.29) is 43.9 Å². The van der Waals surface area contributed by atoms with Crippen LogP contribution in [0.4, 0.5) is 0 Å². The van der Waals surface area contributed by atoms with Gasteiger partial charge < -0.3 is 75.7 Å².